The van der Waals surface area contributed by atoms with Crippen LogP contribution in [-0.4, -0.2) is 29.8 Å². The fourth-order valence-corrected chi connectivity index (χ4v) is 4.52. The Morgan fingerprint density at radius 2 is 2.03 bits per heavy atom. The summed E-state index contributed by atoms with van der Waals surface area (Å²) < 4.78 is 24.8. The maximum Gasteiger partial charge on any atom is 0.166 e. The molecule has 1 aliphatic carbocycles. The number of nitrogens with two attached hydrogens (primary N) is 1. The second kappa shape index (κ2) is 9.77. The van der Waals surface area contributed by atoms with Crippen LogP contribution in [0.2, 0.25) is 0 Å². The molecule has 0 bridgehead atoms. The normalized spacial score (nSPS) is 14.3. The summed E-state index contributed by atoms with van der Waals surface area (Å²) in [5, 5.41) is 13.3. The fourth-order valence-electron chi connectivity index (χ4n) is 4.21. The molecule has 8 nitrogen and oxygen atoms in total. The average molecular weight is 540 g/mol. The van der Waals surface area contributed by atoms with Crippen molar-refractivity contribution >= 4 is 21.7 Å². The molecule has 182 valence electrons. The van der Waals surface area contributed by atoms with Crippen molar-refractivity contribution in [1.29, 1.82) is 0 Å². The lowest BCUT2D eigenvalue weighted by Gasteiger charge is -2.19. The van der Waals surface area contributed by atoms with Crippen LogP contribution in [0.1, 0.15) is 53.9 Å². The van der Waals surface area contributed by atoms with Crippen LogP contribution in [0.25, 0.3) is 0 Å². The Hall–Kier alpha value is -3.27. The molecule has 1 atom stereocenters. The molecule has 1 aliphatic rings. The van der Waals surface area contributed by atoms with Gasteiger partial charge in [0.2, 0.25) is 0 Å². The van der Waals surface area contributed by atoms with Gasteiger partial charge in [0.1, 0.15) is 11.9 Å². The number of anilines is 1. The van der Waals surface area contributed by atoms with E-state index in [9.17, 15) is 4.39 Å². The molecular weight excluding hydrogens is 513 g/mol. The number of halogens is 2. The van der Waals surface area contributed by atoms with Crippen LogP contribution in [0.15, 0.2) is 47.3 Å². The van der Waals surface area contributed by atoms with Gasteiger partial charge in [-0.25, -0.2) is 9.37 Å². The van der Waals surface area contributed by atoms with Gasteiger partial charge < -0.3 is 10.5 Å². The van der Waals surface area contributed by atoms with E-state index in [2.05, 4.69) is 31.2 Å². The Morgan fingerprint density at radius 1 is 1.20 bits per heavy atom. The predicted octanol–water partition coefficient (Wildman–Crippen LogP) is 4.62. The quantitative estimate of drug-likeness (QED) is 0.333. The van der Waals surface area contributed by atoms with Crippen molar-refractivity contribution in [2.45, 2.75) is 45.3 Å². The maximum absolute atomic E-state index is 14.3. The third-order valence-corrected chi connectivity index (χ3v) is 6.58. The Bertz CT molecular complexity index is 1350. The van der Waals surface area contributed by atoms with Gasteiger partial charge in [-0.15, -0.1) is 5.10 Å². The second-order valence-corrected chi connectivity index (χ2v) is 10.1. The van der Waals surface area contributed by atoms with Gasteiger partial charge in [-0.3, -0.25) is 9.36 Å². The first-order chi connectivity index (χ1) is 16.8. The van der Waals surface area contributed by atoms with Crippen molar-refractivity contribution in [1.82, 2.24) is 29.8 Å². The topological polar surface area (TPSA) is 96.7 Å². The van der Waals surface area contributed by atoms with Crippen LogP contribution < -0.4 is 10.5 Å². The van der Waals surface area contributed by atoms with Gasteiger partial charge in [0, 0.05) is 49.5 Å². The van der Waals surface area contributed by atoms with E-state index in [1.165, 1.54) is 25.0 Å². The summed E-state index contributed by atoms with van der Waals surface area (Å²) in [6, 6.07) is 6.52. The standard InChI is InChI=1S/C25H27BrFN7O/c1-15(35-24-9-19(26)11-29-25(24)28)22-10-20(27)6-5-17(22)8-23-18(13-33(2)31-23)7-21-14-34(32-30-21)12-16-3-4-16/h5-6,9-11,13-16H,3-4,7-8,12H2,1-2H3,(H2,28,29). The third kappa shape index (κ3) is 5.70. The largest absolute Gasteiger partial charge is 0.482 e. The van der Waals surface area contributed by atoms with E-state index in [0.29, 0.717) is 18.6 Å². The summed E-state index contributed by atoms with van der Waals surface area (Å²) in [7, 11) is 1.90. The summed E-state index contributed by atoms with van der Waals surface area (Å²) in [6.45, 7) is 2.80. The lowest BCUT2D eigenvalue weighted by atomic mass is 9.97. The van der Waals surface area contributed by atoms with Crippen LogP contribution in [0, 0.1) is 11.7 Å². The second-order valence-electron chi connectivity index (χ2n) is 9.14. The Labute approximate surface area is 211 Å². The molecule has 35 heavy (non-hydrogen) atoms. The fraction of sp³-hybridized carbons (Fsp3) is 0.360. The zero-order valence-electron chi connectivity index (χ0n) is 19.7. The Morgan fingerprint density at radius 3 is 2.83 bits per heavy atom. The highest BCUT2D eigenvalue weighted by Gasteiger charge is 2.23. The number of benzene rings is 1. The van der Waals surface area contributed by atoms with E-state index < -0.39 is 6.10 Å². The molecule has 0 radical (unpaired) electrons. The van der Waals surface area contributed by atoms with Crippen molar-refractivity contribution < 1.29 is 9.13 Å². The monoisotopic (exact) mass is 539 g/mol. The van der Waals surface area contributed by atoms with Crippen LogP contribution in [-0.2, 0) is 26.4 Å². The van der Waals surface area contributed by atoms with Gasteiger partial charge in [-0.1, -0.05) is 11.3 Å². The van der Waals surface area contributed by atoms with E-state index in [1.54, 1.807) is 23.0 Å². The Balaban J connectivity index is 1.37. The van der Waals surface area contributed by atoms with Crippen molar-refractivity contribution in [3.05, 3.63) is 81.2 Å². The number of hydrogen-bond acceptors (Lipinski definition) is 6. The first kappa shape index (κ1) is 23.5. The average Bonchev–Trinajstić information content (AvgIpc) is 3.41. The van der Waals surface area contributed by atoms with Crippen LogP contribution in [0.3, 0.4) is 0 Å². The van der Waals surface area contributed by atoms with Gasteiger partial charge in [-0.2, -0.15) is 5.10 Å². The van der Waals surface area contributed by atoms with E-state index in [-0.39, 0.29) is 11.6 Å². The van der Waals surface area contributed by atoms with E-state index in [0.717, 1.165) is 45.0 Å². The highest BCUT2D eigenvalue weighted by Crippen LogP contribution is 2.32. The molecule has 1 unspecified atom stereocenters. The van der Waals surface area contributed by atoms with Crippen LogP contribution >= 0.6 is 15.9 Å². The van der Waals surface area contributed by atoms with Crippen molar-refractivity contribution in [3.63, 3.8) is 0 Å². The summed E-state index contributed by atoms with van der Waals surface area (Å²) in [6.07, 6.45) is 8.89. The number of nitrogen functional groups attached to an aromatic ring is 1. The first-order valence-corrected chi connectivity index (χ1v) is 12.4. The minimum Gasteiger partial charge on any atom is -0.482 e. The minimum atomic E-state index is -0.450. The summed E-state index contributed by atoms with van der Waals surface area (Å²) in [5.74, 6) is 1.13. The molecule has 10 heteroatoms. The third-order valence-electron chi connectivity index (χ3n) is 6.15. The number of nitrogens with zero attached hydrogens (tertiary/aromatic N) is 6. The molecule has 1 aromatic carbocycles. The summed E-state index contributed by atoms with van der Waals surface area (Å²) in [4.78, 5) is 4.11. The number of hydrogen-bond donors (Lipinski definition) is 1. The molecule has 0 amide bonds. The number of rotatable bonds is 9. The highest BCUT2D eigenvalue weighted by molar-refractivity contribution is 9.10. The van der Waals surface area contributed by atoms with Gasteiger partial charge in [0.25, 0.3) is 0 Å². The molecule has 5 rings (SSSR count). The minimum absolute atomic E-state index is 0.278. The molecule has 0 aliphatic heterocycles. The highest BCUT2D eigenvalue weighted by atomic mass is 79.9. The van der Waals surface area contributed by atoms with E-state index in [4.69, 9.17) is 15.6 Å². The molecule has 3 heterocycles. The zero-order valence-corrected chi connectivity index (χ0v) is 21.2. The summed E-state index contributed by atoms with van der Waals surface area (Å²) >= 11 is 3.39. The zero-order chi connectivity index (χ0) is 24.5. The number of pyridine rings is 1. The molecule has 4 aromatic rings. The molecule has 3 aromatic heterocycles. The summed E-state index contributed by atoms with van der Waals surface area (Å²) in [5.41, 5.74) is 10.5. The van der Waals surface area contributed by atoms with Gasteiger partial charge in [0.15, 0.2) is 11.6 Å². The van der Waals surface area contributed by atoms with E-state index >= 15 is 0 Å². The van der Waals surface area contributed by atoms with E-state index in [1.807, 2.05) is 31.0 Å². The number of ether oxygens (including phenoxy) is 1. The van der Waals surface area contributed by atoms with Crippen molar-refractivity contribution in [2.75, 3.05) is 5.73 Å². The SMILES string of the molecule is CC(Oc1cc(Br)cnc1N)c1cc(F)ccc1Cc1nn(C)cc1Cc1cn(CC2CC2)nn1. The molecule has 1 fully saturated rings. The van der Waals surface area contributed by atoms with Gasteiger partial charge >= 0.3 is 0 Å². The van der Waals surface area contributed by atoms with Gasteiger partial charge in [-0.05, 0) is 76.5 Å². The van der Waals surface area contributed by atoms with Crippen LogP contribution in [0.4, 0.5) is 10.2 Å². The predicted molar refractivity (Wildman–Crippen MR) is 133 cm³/mol. The molecule has 0 saturated heterocycles. The van der Waals surface area contributed by atoms with Gasteiger partial charge in [0.05, 0.1) is 11.4 Å². The lowest BCUT2D eigenvalue weighted by molar-refractivity contribution is 0.226. The number of aryl methyl sites for hydroxylation is 1. The molecular formula is C25H27BrFN7O. The van der Waals surface area contributed by atoms with Crippen LogP contribution in [0.5, 0.6) is 5.75 Å². The lowest BCUT2D eigenvalue weighted by Crippen LogP contribution is -2.10. The van der Waals surface area contributed by atoms with Crippen molar-refractivity contribution in [3.8, 4) is 5.75 Å². The maximum atomic E-state index is 14.3. The molecule has 0 spiro atoms. The van der Waals surface area contributed by atoms with Crippen molar-refractivity contribution in [2.24, 2.45) is 13.0 Å². The smallest absolute Gasteiger partial charge is 0.166 e. The molecule has 2 N–H and O–H groups in total. The molecule has 1 saturated carbocycles. The number of aromatic nitrogens is 6. The first-order valence-electron chi connectivity index (χ1n) is 11.6. The Kier molecular flexibility index (Phi) is 6.55.